The third-order valence-corrected chi connectivity index (χ3v) is 6.80. The highest BCUT2D eigenvalue weighted by Crippen LogP contribution is 2.44. The lowest BCUT2D eigenvalue weighted by Crippen LogP contribution is -2.67. The number of nitrogens with zero attached hydrogens (tertiary/aromatic N) is 1. The Balaban J connectivity index is 1.61. The van der Waals surface area contributed by atoms with E-state index in [1.54, 1.807) is 0 Å². The van der Waals surface area contributed by atoms with Crippen LogP contribution in [-0.2, 0) is 9.53 Å². The fourth-order valence-corrected chi connectivity index (χ4v) is 5.29. The van der Waals surface area contributed by atoms with Crippen molar-refractivity contribution < 1.29 is 19.4 Å². The average molecular weight is 423 g/mol. The quantitative estimate of drug-likeness (QED) is 0.759. The van der Waals surface area contributed by atoms with E-state index in [1.165, 1.54) is 4.90 Å². The Morgan fingerprint density at radius 1 is 1.13 bits per heavy atom. The van der Waals surface area contributed by atoms with E-state index in [1.807, 2.05) is 45.0 Å². The second kappa shape index (κ2) is 8.35. The van der Waals surface area contributed by atoms with Crippen molar-refractivity contribution in [2.45, 2.75) is 44.7 Å². The standard InChI is InChI=1S/C25H30N2O4/c1-16(2)27(25(23(28)29)12-13-26-14-17(25)3)24(30)31-15-22-20-10-6-4-8-18(20)19-9-5-7-11-21(19)22/h4-11,16-17,22,26H,12-15H2,1-3H3,(H,28,29). The first-order valence-corrected chi connectivity index (χ1v) is 11.0. The lowest BCUT2D eigenvalue weighted by Gasteiger charge is -2.48. The number of hydrogen-bond acceptors (Lipinski definition) is 4. The van der Waals surface area contributed by atoms with E-state index in [-0.39, 0.29) is 24.5 Å². The molecule has 0 bridgehead atoms. The number of carboxylic acid groups (broad SMARTS) is 1. The van der Waals surface area contributed by atoms with Gasteiger partial charge in [-0.3, -0.25) is 4.90 Å². The maximum Gasteiger partial charge on any atom is 0.411 e. The van der Waals surface area contributed by atoms with Gasteiger partial charge in [-0.1, -0.05) is 55.5 Å². The number of aliphatic carboxylic acids is 1. The number of carboxylic acids is 1. The minimum Gasteiger partial charge on any atom is -0.479 e. The minimum absolute atomic E-state index is 0.0587. The summed E-state index contributed by atoms with van der Waals surface area (Å²) in [5.74, 6) is -1.26. The summed E-state index contributed by atoms with van der Waals surface area (Å²) in [5, 5.41) is 13.4. The van der Waals surface area contributed by atoms with Crippen LogP contribution in [0.15, 0.2) is 48.5 Å². The highest BCUT2D eigenvalue weighted by Gasteiger charge is 2.53. The first-order chi connectivity index (χ1) is 14.9. The summed E-state index contributed by atoms with van der Waals surface area (Å²) >= 11 is 0. The molecule has 6 nitrogen and oxygen atoms in total. The van der Waals surface area contributed by atoms with Gasteiger partial charge in [-0.05, 0) is 49.1 Å². The largest absolute Gasteiger partial charge is 0.479 e. The van der Waals surface area contributed by atoms with Crippen LogP contribution >= 0.6 is 0 Å². The monoisotopic (exact) mass is 422 g/mol. The highest BCUT2D eigenvalue weighted by atomic mass is 16.6. The van der Waals surface area contributed by atoms with Crippen molar-refractivity contribution in [3.8, 4) is 11.1 Å². The number of benzene rings is 2. The maximum atomic E-state index is 13.3. The van der Waals surface area contributed by atoms with Crippen molar-refractivity contribution >= 4 is 12.1 Å². The van der Waals surface area contributed by atoms with Crippen molar-refractivity contribution in [1.29, 1.82) is 0 Å². The summed E-state index contributed by atoms with van der Waals surface area (Å²) in [6.07, 6.45) is -0.209. The Kier molecular flexibility index (Phi) is 5.75. The van der Waals surface area contributed by atoms with E-state index < -0.39 is 17.6 Å². The highest BCUT2D eigenvalue weighted by molar-refractivity contribution is 5.85. The zero-order valence-electron chi connectivity index (χ0n) is 18.3. The van der Waals surface area contributed by atoms with Gasteiger partial charge >= 0.3 is 12.1 Å². The first-order valence-electron chi connectivity index (χ1n) is 11.0. The third kappa shape index (κ3) is 3.49. The van der Waals surface area contributed by atoms with Crippen molar-refractivity contribution in [3.63, 3.8) is 0 Å². The molecule has 6 heteroatoms. The van der Waals surface area contributed by atoms with Gasteiger partial charge in [-0.25, -0.2) is 9.59 Å². The Hall–Kier alpha value is -2.86. The Morgan fingerprint density at radius 2 is 1.71 bits per heavy atom. The van der Waals surface area contributed by atoms with E-state index in [4.69, 9.17) is 4.74 Å². The van der Waals surface area contributed by atoms with Crippen molar-refractivity contribution in [2.24, 2.45) is 5.92 Å². The zero-order valence-corrected chi connectivity index (χ0v) is 18.3. The summed E-state index contributed by atoms with van der Waals surface area (Å²) in [4.78, 5) is 27.2. The second-order valence-corrected chi connectivity index (χ2v) is 8.85. The fraction of sp³-hybridized carbons (Fsp3) is 0.440. The van der Waals surface area contributed by atoms with Crippen LogP contribution in [0.2, 0.25) is 0 Å². The number of fused-ring (bicyclic) bond motifs is 3. The molecule has 0 saturated carbocycles. The molecule has 2 aliphatic rings. The molecule has 0 aromatic heterocycles. The molecule has 0 radical (unpaired) electrons. The van der Waals surface area contributed by atoms with Crippen molar-refractivity contribution in [3.05, 3.63) is 59.7 Å². The molecule has 1 saturated heterocycles. The number of amides is 1. The molecule has 164 valence electrons. The first kappa shape index (κ1) is 21.4. The van der Waals surface area contributed by atoms with Crippen LogP contribution in [0.5, 0.6) is 0 Å². The summed E-state index contributed by atoms with van der Waals surface area (Å²) in [7, 11) is 0. The van der Waals surface area contributed by atoms with Crippen LogP contribution in [0, 0.1) is 5.92 Å². The molecule has 2 aromatic rings. The van der Waals surface area contributed by atoms with Crippen LogP contribution in [0.1, 0.15) is 44.2 Å². The molecule has 0 spiro atoms. The van der Waals surface area contributed by atoms with Crippen LogP contribution in [-0.4, -0.2) is 53.3 Å². The Bertz CT molecular complexity index is 943. The fourth-order valence-electron chi connectivity index (χ4n) is 5.29. The van der Waals surface area contributed by atoms with E-state index in [9.17, 15) is 14.7 Å². The molecule has 2 unspecified atom stereocenters. The molecule has 1 fully saturated rings. The summed E-state index contributed by atoms with van der Waals surface area (Å²) in [5.41, 5.74) is 3.32. The smallest absolute Gasteiger partial charge is 0.411 e. The molecule has 4 rings (SSSR count). The molecular formula is C25H30N2O4. The van der Waals surface area contributed by atoms with Crippen LogP contribution in [0.25, 0.3) is 11.1 Å². The van der Waals surface area contributed by atoms with Gasteiger partial charge in [0.15, 0.2) is 0 Å². The van der Waals surface area contributed by atoms with Crippen LogP contribution < -0.4 is 5.32 Å². The summed E-state index contributed by atoms with van der Waals surface area (Å²) in [6.45, 7) is 6.86. The van der Waals surface area contributed by atoms with Gasteiger partial charge in [-0.2, -0.15) is 0 Å². The van der Waals surface area contributed by atoms with E-state index in [2.05, 4.69) is 29.6 Å². The molecule has 2 N–H and O–H groups in total. The topological polar surface area (TPSA) is 78.9 Å². The SMILES string of the molecule is CC(C)N(C(=O)OCC1c2ccccc2-c2ccccc21)C1(C(=O)O)CCNCC1C. The summed E-state index contributed by atoms with van der Waals surface area (Å²) < 4.78 is 5.84. The number of ether oxygens (including phenoxy) is 1. The van der Waals surface area contributed by atoms with E-state index in [0.29, 0.717) is 19.5 Å². The predicted molar refractivity (Wildman–Crippen MR) is 119 cm³/mol. The molecule has 2 aromatic carbocycles. The Labute approximate surface area is 183 Å². The second-order valence-electron chi connectivity index (χ2n) is 8.85. The molecule has 31 heavy (non-hydrogen) atoms. The van der Waals surface area contributed by atoms with E-state index >= 15 is 0 Å². The van der Waals surface area contributed by atoms with Gasteiger partial charge in [0.2, 0.25) is 0 Å². The molecule has 1 aliphatic heterocycles. The summed E-state index contributed by atoms with van der Waals surface area (Å²) in [6, 6.07) is 16.0. The zero-order chi connectivity index (χ0) is 22.2. The van der Waals surface area contributed by atoms with Crippen LogP contribution in [0.4, 0.5) is 4.79 Å². The lowest BCUT2D eigenvalue weighted by atomic mass is 9.77. The number of nitrogens with one attached hydrogen (secondary N) is 1. The van der Waals surface area contributed by atoms with Gasteiger partial charge in [0, 0.05) is 24.4 Å². The van der Waals surface area contributed by atoms with Crippen molar-refractivity contribution in [2.75, 3.05) is 19.7 Å². The van der Waals surface area contributed by atoms with E-state index in [0.717, 1.165) is 22.3 Å². The Morgan fingerprint density at radius 3 is 2.23 bits per heavy atom. The number of hydrogen-bond donors (Lipinski definition) is 2. The van der Waals surface area contributed by atoms with Crippen molar-refractivity contribution in [1.82, 2.24) is 10.2 Å². The van der Waals surface area contributed by atoms with Gasteiger partial charge < -0.3 is 15.2 Å². The lowest BCUT2D eigenvalue weighted by molar-refractivity contribution is -0.158. The number of piperidine rings is 1. The average Bonchev–Trinajstić information content (AvgIpc) is 3.07. The van der Waals surface area contributed by atoms with Gasteiger partial charge in [0.25, 0.3) is 0 Å². The maximum absolute atomic E-state index is 13.3. The number of carbonyl (C=O) groups excluding carboxylic acids is 1. The molecule has 1 heterocycles. The molecule has 1 amide bonds. The third-order valence-electron chi connectivity index (χ3n) is 6.80. The van der Waals surface area contributed by atoms with Gasteiger partial charge in [-0.15, -0.1) is 0 Å². The molecule has 2 atom stereocenters. The normalized spacial score (nSPS) is 22.6. The predicted octanol–water partition coefficient (Wildman–Crippen LogP) is 4.10. The minimum atomic E-state index is -1.28. The molecule has 1 aliphatic carbocycles. The molecular weight excluding hydrogens is 392 g/mol. The van der Waals surface area contributed by atoms with Gasteiger partial charge in [0.05, 0.1) is 0 Å². The van der Waals surface area contributed by atoms with Crippen LogP contribution in [0.3, 0.4) is 0 Å². The number of rotatable bonds is 5. The van der Waals surface area contributed by atoms with Gasteiger partial charge in [0.1, 0.15) is 12.1 Å². The number of carbonyl (C=O) groups is 2.